The van der Waals surface area contributed by atoms with Gasteiger partial charge in [0.2, 0.25) is 0 Å². The zero-order chi connectivity index (χ0) is 17.0. The monoisotopic (exact) mass is 320 g/mol. The van der Waals surface area contributed by atoms with E-state index in [1.165, 1.54) is 19.3 Å². The second-order valence-corrected chi connectivity index (χ2v) is 6.94. The third kappa shape index (κ3) is 3.69. The summed E-state index contributed by atoms with van der Waals surface area (Å²) in [4.78, 5) is 11.6. The number of ether oxygens (including phenoxy) is 1. The van der Waals surface area contributed by atoms with Gasteiger partial charge in [-0.05, 0) is 42.7 Å². The molecule has 2 rings (SSSR count). The normalized spacial score (nSPS) is 18.4. The van der Waals surface area contributed by atoms with Gasteiger partial charge in [-0.1, -0.05) is 38.3 Å². The maximum Gasteiger partial charge on any atom is 0.311 e. The number of aliphatic carboxylic acids is 1. The van der Waals surface area contributed by atoms with E-state index in [1.807, 2.05) is 19.1 Å². The van der Waals surface area contributed by atoms with Crippen LogP contribution in [0.15, 0.2) is 12.1 Å². The lowest BCUT2D eigenvalue weighted by atomic mass is 9.69. The summed E-state index contributed by atoms with van der Waals surface area (Å²) in [7, 11) is 1.68. The first-order valence-electron chi connectivity index (χ1n) is 8.45. The molecule has 0 bridgehead atoms. The van der Waals surface area contributed by atoms with Gasteiger partial charge < -0.3 is 14.9 Å². The molecule has 0 aliphatic heterocycles. The van der Waals surface area contributed by atoms with Gasteiger partial charge in [0.05, 0.1) is 13.0 Å². The number of rotatable bonds is 6. The second kappa shape index (κ2) is 7.35. The van der Waals surface area contributed by atoms with Crippen molar-refractivity contribution in [3.05, 3.63) is 28.8 Å². The Bertz CT molecular complexity index is 559. The minimum atomic E-state index is -0.886. The minimum Gasteiger partial charge on any atom is -0.496 e. The van der Waals surface area contributed by atoms with Crippen molar-refractivity contribution in [2.24, 2.45) is 0 Å². The Balaban J connectivity index is 2.53. The summed E-state index contributed by atoms with van der Waals surface area (Å²) in [5.41, 5.74) is 2.90. The number of carboxylic acids is 1. The summed E-state index contributed by atoms with van der Waals surface area (Å²) in [6, 6.07) is 3.90. The van der Waals surface area contributed by atoms with Crippen LogP contribution < -0.4 is 4.74 Å². The number of hydrogen-bond donors (Lipinski definition) is 2. The molecule has 1 aliphatic rings. The first-order valence-corrected chi connectivity index (χ1v) is 8.45. The molecule has 23 heavy (non-hydrogen) atoms. The number of aryl methyl sites for hydroxylation is 1. The van der Waals surface area contributed by atoms with Crippen LogP contribution in [0.4, 0.5) is 0 Å². The SMILES string of the molecule is COc1c(C)cc(C(CCO)C(=O)O)cc1C1(C)CCCCC1. The average molecular weight is 320 g/mol. The number of carboxylic acid groups (broad SMARTS) is 1. The maximum absolute atomic E-state index is 11.6. The van der Waals surface area contributed by atoms with Crippen molar-refractivity contribution in [1.82, 2.24) is 0 Å². The molecular weight excluding hydrogens is 292 g/mol. The van der Waals surface area contributed by atoms with Crippen LogP contribution in [-0.2, 0) is 10.2 Å². The molecule has 1 aromatic rings. The third-order valence-electron chi connectivity index (χ3n) is 5.23. The van der Waals surface area contributed by atoms with Gasteiger partial charge in [-0.2, -0.15) is 0 Å². The minimum absolute atomic E-state index is 0.0344. The van der Waals surface area contributed by atoms with Crippen LogP contribution in [-0.4, -0.2) is 29.9 Å². The number of hydrogen-bond acceptors (Lipinski definition) is 3. The summed E-state index contributed by atoms with van der Waals surface area (Å²) in [6.07, 6.45) is 6.09. The molecule has 1 saturated carbocycles. The number of benzene rings is 1. The van der Waals surface area contributed by atoms with Gasteiger partial charge in [0.15, 0.2) is 0 Å². The predicted octanol–water partition coefficient (Wildman–Crippen LogP) is 3.78. The van der Waals surface area contributed by atoms with E-state index in [9.17, 15) is 15.0 Å². The Hall–Kier alpha value is -1.55. The maximum atomic E-state index is 11.6. The molecule has 1 fully saturated rings. The highest BCUT2D eigenvalue weighted by Crippen LogP contribution is 2.45. The number of carbonyl (C=O) groups is 1. The molecule has 1 atom stereocenters. The summed E-state index contributed by atoms with van der Waals surface area (Å²) in [6.45, 7) is 4.10. The van der Waals surface area contributed by atoms with E-state index < -0.39 is 11.9 Å². The van der Waals surface area contributed by atoms with Crippen molar-refractivity contribution in [2.45, 2.75) is 63.7 Å². The van der Waals surface area contributed by atoms with Gasteiger partial charge >= 0.3 is 5.97 Å². The molecule has 0 spiro atoms. The Morgan fingerprint density at radius 3 is 2.48 bits per heavy atom. The first kappa shape index (κ1) is 17.8. The van der Waals surface area contributed by atoms with E-state index in [4.69, 9.17) is 4.74 Å². The molecule has 1 aliphatic carbocycles. The first-order chi connectivity index (χ1) is 10.9. The van der Waals surface area contributed by atoms with E-state index in [2.05, 4.69) is 6.92 Å². The van der Waals surface area contributed by atoms with Crippen LogP contribution in [0.3, 0.4) is 0 Å². The second-order valence-electron chi connectivity index (χ2n) is 6.94. The lowest BCUT2D eigenvalue weighted by Crippen LogP contribution is -2.26. The van der Waals surface area contributed by atoms with Crippen molar-refractivity contribution in [3.8, 4) is 5.75 Å². The van der Waals surface area contributed by atoms with Crippen molar-refractivity contribution in [3.63, 3.8) is 0 Å². The average Bonchev–Trinajstić information content (AvgIpc) is 2.52. The van der Waals surface area contributed by atoms with Crippen LogP contribution in [0.5, 0.6) is 5.75 Å². The lowest BCUT2D eigenvalue weighted by molar-refractivity contribution is -0.139. The largest absolute Gasteiger partial charge is 0.496 e. The molecule has 2 N–H and O–H groups in total. The van der Waals surface area contributed by atoms with E-state index in [-0.39, 0.29) is 18.4 Å². The highest BCUT2D eigenvalue weighted by Gasteiger charge is 2.33. The number of aliphatic hydroxyl groups is 1. The van der Waals surface area contributed by atoms with Gasteiger partial charge in [0.1, 0.15) is 5.75 Å². The Morgan fingerprint density at radius 1 is 1.30 bits per heavy atom. The smallest absolute Gasteiger partial charge is 0.311 e. The molecule has 0 saturated heterocycles. The third-order valence-corrected chi connectivity index (χ3v) is 5.23. The topological polar surface area (TPSA) is 66.8 Å². The number of methoxy groups -OCH3 is 1. The van der Waals surface area contributed by atoms with Gasteiger partial charge in [0.25, 0.3) is 0 Å². The van der Waals surface area contributed by atoms with Gasteiger partial charge in [-0.25, -0.2) is 0 Å². The van der Waals surface area contributed by atoms with Crippen LogP contribution >= 0.6 is 0 Å². The molecule has 0 radical (unpaired) electrons. The van der Waals surface area contributed by atoms with Crippen molar-refractivity contribution in [2.75, 3.05) is 13.7 Å². The van der Waals surface area contributed by atoms with Crippen molar-refractivity contribution in [1.29, 1.82) is 0 Å². The Labute approximate surface area is 138 Å². The summed E-state index contributed by atoms with van der Waals surface area (Å²) in [5.74, 6) is -0.676. The number of aliphatic hydroxyl groups excluding tert-OH is 1. The van der Waals surface area contributed by atoms with Crippen LogP contribution in [0, 0.1) is 6.92 Å². The summed E-state index contributed by atoms with van der Waals surface area (Å²) in [5, 5.41) is 18.7. The van der Waals surface area contributed by atoms with Crippen molar-refractivity contribution < 1.29 is 19.7 Å². The molecule has 0 heterocycles. The van der Waals surface area contributed by atoms with Crippen LogP contribution in [0.25, 0.3) is 0 Å². The van der Waals surface area contributed by atoms with E-state index in [0.717, 1.165) is 35.3 Å². The molecule has 0 amide bonds. The van der Waals surface area contributed by atoms with E-state index in [1.54, 1.807) is 7.11 Å². The van der Waals surface area contributed by atoms with Crippen LogP contribution in [0.1, 0.15) is 68.1 Å². The fourth-order valence-corrected chi connectivity index (χ4v) is 3.89. The standard InChI is InChI=1S/C19H28O4/c1-13-11-14(15(7-10-20)18(21)22)12-16(17(13)23-3)19(2)8-5-4-6-9-19/h11-12,15,20H,4-10H2,1-3H3,(H,21,22). The summed E-state index contributed by atoms with van der Waals surface area (Å²) >= 11 is 0. The fourth-order valence-electron chi connectivity index (χ4n) is 3.89. The van der Waals surface area contributed by atoms with Gasteiger partial charge in [-0.3, -0.25) is 4.79 Å². The van der Waals surface area contributed by atoms with Crippen LogP contribution in [0.2, 0.25) is 0 Å². The lowest BCUT2D eigenvalue weighted by Gasteiger charge is -2.36. The van der Waals surface area contributed by atoms with Gasteiger partial charge in [-0.15, -0.1) is 0 Å². The Kier molecular flexibility index (Phi) is 5.69. The molecule has 4 nitrogen and oxygen atoms in total. The molecule has 1 aromatic carbocycles. The van der Waals surface area contributed by atoms with E-state index >= 15 is 0 Å². The predicted molar refractivity (Wildman–Crippen MR) is 90.2 cm³/mol. The highest BCUT2D eigenvalue weighted by molar-refractivity contribution is 5.76. The zero-order valence-electron chi connectivity index (χ0n) is 14.4. The fraction of sp³-hybridized carbons (Fsp3) is 0.632. The molecule has 4 heteroatoms. The highest BCUT2D eigenvalue weighted by atomic mass is 16.5. The molecule has 1 unspecified atom stereocenters. The van der Waals surface area contributed by atoms with Crippen molar-refractivity contribution >= 4 is 5.97 Å². The Morgan fingerprint density at radius 2 is 1.96 bits per heavy atom. The quantitative estimate of drug-likeness (QED) is 0.837. The van der Waals surface area contributed by atoms with Gasteiger partial charge in [0, 0.05) is 12.2 Å². The zero-order valence-corrected chi connectivity index (χ0v) is 14.4. The molecular formula is C19H28O4. The molecule has 128 valence electrons. The molecule has 0 aromatic heterocycles. The van der Waals surface area contributed by atoms with E-state index in [0.29, 0.717) is 0 Å². The summed E-state index contributed by atoms with van der Waals surface area (Å²) < 4.78 is 5.65.